The minimum absolute atomic E-state index is 0.0259. The van der Waals surface area contributed by atoms with E-state index in [1.807, 2.05) is 31.2 Å². The van der Waals surface area contributed by atoms with Crippen LogP contribution in [0.1, 0.15) is 31.2 Å². The number of halogens is 1. The van der Waals surface area contributed by atoms with E-state index in [1.165, 1.54) is 12.4 Å². The number of nitrogens with one attached hydrogen (secondary N) is 1. The lowest BCUT2D eigenvalue weighted by Crippen LogP contribution is -2.41. The zero-order valence-corrected chi connectivity index (χ0v) is 15.4. The third-order valence-corrected chi connectivity index (χ3v) is 4.49. The van der Waals surface area contributed by atoms with E-state index in [9.17, 15) is 4.79 Å². The lowest BCUT2D eigenvalue weighted by Gasteiger charge is -2.28. The number of rotatable bonds is 6. The molecule has 1 aromatic carbocycles. The molecule has 0 radical (unpaired) electrons. The molecule has 2 aromatic rings. The van der Waals surface area contributed by atoms with Gasteiger partial charge in [-0.15, -0.1) is 0 Å². The molecule has 1 saturated carbocycles. The third kappa shape index (κ3) is 5.59. The van der Waals surface area contributed by atoms with Crippen LogP contribution in [0.3, 0.4) is 0 Å². The van der Waals surface area contributed by atoms with Crippen molar-refractivity contribution >= 4 is 17.5 Å². The molecule has 0 atom stereocenters. The maximum absolute atomic E-state index is 12.1. The fourth-order valence-electron chi connectivity index (χ4n) is 2.89. The van der Waals surface area contributed by atoms with Gasteiger partial charge in [-0.3, -0.25) is 4.79 Å². The molecule has 1 aromatic heterocycles. The molecule has 1 heterocycles. The summed E-state index contributed by atoms with van der Waals surface area (Å²) in [6.45, 7) is 2.04. The fourth-order valence-corrected chi connectivity index (χ4v) is 2.99. The number of nitrogens with zero attached hydrogens (tertiary/aromatic N) is 2. The monoisotopic (exact) mass is 375 g/mol. The minimum atomic E-state index is -0.101. The summed E-state index contributed by atoms with van der Waals surface area (Å²) >= 11 is 5.76. The summed E-state index contributed by atoms with van der Waals surface area (Å²) in [6, 6.07) is 8.13. The van der Waals surface area contributed by atoms with Crippen LogP contribution in [0.25, 0.3) is 0 Å². The van der Waals surface area contributed by atoms with Gasteiger partial charge in [0.1, 0.15) is 11.9 Å². The molecule has 0 aliphatic heterocycles. The van der Waals surface area contributed by atoms with Crippen molar-refractivity contribution in [3.8, 4) is 11.8 Å². The number of hydrogen-bond acceptors (Lipinski definition) is 5. The van der Waals surface area contributed by atoms with Gasteiger partial charge < -0.3 is 14.8 Å². The summed E-state index contributed by atoms with van der Waals surface area (Å²) < 4.78 is 11.3. The maximum atomic E-state index is 12.1. The number of benzene rings is 1. The van der Waals surface area contributed by atoms with Gasteiger partial charge in [-0.05, 0) is 44.7 Å². The van der Waals surface area contributed by atoms with Gasteiger partial charge in [0, 0.05) is 6.04 Å². The number of hydrogen-bond donors (Lipinski definition) is 1. The smallest absolute Gasteiger partial charge is 0.316 e. The number of carbonyl (C=O) groups is 1. The van der Waals surface area contributed by atoms with Crippen LogP contribution in [-0.2, 0) is 4.79 Å². The number of aryl methyl sites for hydroxylation is 1. The minimum Gasteiger partial charge on any atom is -0.484 e. The van der Waals surface area contributed by atoms with Gasteiger partial charge in [-0.2, -0.15) is 0 Å². The van der Waals surface area contributed by atoms with Crippen LogP contribution < -0.4 is 14.8 Å². The molecule has 1 amide bonds. The Morgan fingerprint density at radius 1 is 1.15 bits per heavy atom. The van der Waals surface area contributed by atoms with Gasteiger partial charge >= 0.3 is 6.01 Å². The molecule has 26 heavy (non-hydrogen) atoms. The van der Waals surface area contributed by atoms with Crippen molar-refractivity contribution in [2.24, 2.45) is 0 Å². The molecule has 0 bridgehead atoms. The van der Waals surface area contributed by atoms with E-state index in [-0.39, 0.29) is 24.7 Å². The predicted octanol–water partition coefficient (Wildman–Crippen LogP) is 3.32. The fraction of sp³-hybridized carbons (Fsp3) is 0.421. The van der Waals surface area contributed by atoms with E-state index in [0.29, 0.717) is 16.8 Å². The molecular formula is C19H22ClN3O3. The standard InChI is InChI=1S/C19H22ClN3O3/c1-13-2-6-16(7-3-13)25-12-18(24)23-15-4-8-17(9-5-15)26-19-21-10-14(20)11-22-19/h2-3,6-7,10-11,15,17H,4-5,8-9,12H2,1H3,(H,23,24). The summed E-state index contributed by atoms with van der Waals surface area (Å²) in [5, 5.41) is 3.51. The summed E-state index contributed by atoms with van der Waals surface area (Å²) in [5.74, 6) is 0.599. The lowest BCUT2D eigenvalue weighted by molar-refractivity contribution is -0.124. The van der Waals surface area contributed by atoms with Crippen LogP contribution >= 0.6 is 11.6 Å². The predicted molar refractivity (Wildman–Crippen MR) is 98.5 cm³/mol. The van der Waals surface area contributed by atoms with Gasteiger partial charge in [-0.1, -0.05) is 29.3 Å². The van der Waals surface area contributed by atoms with E-state index in [2.05, 4.69) is 15.3 Å². The van der Waals surface area contributed by atoms with Crippen molar-refractivity contribution in [3.63, 3.8) is 0 Å². The quantitative estimate of drug-likeness (QED) is 0.838. The van der Waals surface area contributed by atoms with Crippen molar-refractivity contribution in [1.82, 2.24) is 15.3 Å². The molecular weight excluding hydrogens is 354 g/mol. The highest BCUT2D eigenvalue weighted by molar-refractivity contribution is 6.30. The molecule has 1 aliphatic carbocycles. The average molecular weight is 376 g/mol. The van der Waals surface area contributed by atoms with Crippen molar-refractivity contribution in [2.45, 2.75) is 44.8 Å². The molecule has 0 spiro atoms. The summed E-state index contributed by atoms with van der Waals surface area (Å²) in [5.41, 5.74) is 1.16. The lowest BCUT2D eigenvalue weighted by atomic mass is 9.93. The number of carbonyl (C=O) groups excluding carboxylic acids is 1. The molecule has 138 valence electrons. The van der Waals surface area contributed by atoms with E-state index in [4.69, 9.17) is 21.1 Å². The zero-order chi connectivity index (χ0) is 18.4. The van der Waals surface area contributed by atoms with Gasteiger partial charge in [0.25, 0.3) is 5.91 Å². The molecule has 1 aliphatic rings. The van der Waals surface area contributed by atoms with Gasteiger partial charge in [0.2, 0.25) is 0 Å². The molecule has 1 N–H and O–H groups in total. The first-order valence-electron chi connectivity index (χ1n) is 8.71. The Morgan fingerprint density at radius 3 is 2.46 bits per heavy atom. The second kappa shape index (κ2) is 8.85. The average Bonchev–Trinajstić information content (AvgIpc) is 2.65. The Morgan fingerprint density at radius 2 is 1.81 bits per heavy atom. The second-order valence-corrected chi connectivity index (χ2v) is 6.88. The van der Waals surface area contributed by atoms with Gasteiger partial charge in [0.15, 0.2) is 6.61 Å². The Labute approximate surface area is 157 Å². The van der Waals surface area contributed by atoms with E-state index in [1.54, 1.807) is 0 Å². The number of aromatic nitrogens is 2. The first kappa shape index (κ1) is 18.5. The van der Waals surface area contributed by atoms with E-state index in [0.717, 1.165) is 31.2 Å². The molecule has 1 fully saturated rings. The Bertz CT molecular complexity index is 714. The third-order valence-electron chi connectivity index (χ3n) is 4.30. The van der Waals surface area contributed by atoms with Crippen LogP contribution in [0.4, 0.5) is 0 Å². The molecule has 6 nitrogen and oxygen atoms in total. The summed E-state index contributed by atoms with van der Waals surface area (Å²) in [6.07, 6.45) is 6.50. The maximum Gasteiger partial charge on any atom is 0.316 e. The van der Waals surface area contributed by atoms with Crippen molar-refractivity contribution in [3.05, 3.63) is 47.2 Å². The molecule has 0 saturated heterocycles. The summed E-state index contributed by atoms with van der Waals surface area (Å²) in [7, 11) is 0. The highest BCUT2D eigenvalue weighted by Gasteiger charge is 2.24. The number of amides is 1. The highest BCUT2D eigenvalue weighted by Crippen LogP contribution is 2.22. The topological polar surface area (TPSA) is 73.3 Å². The van der Waals surface area contributed by atoms with Crippen LogP contribution in [0.15, 0.2) is 36.7 Å². The number of ether oxygens (including phenoxy) is 2. The Hall–Kier alpha value is -2.34. The van der Waals surface area contributed by atoms with E-state index < -0.39 is 0 Å². The Balaban J connectivity index is 1.37. The molecule has 3 rings (SSSR count). The largest absolute Gasteiger partial charge is 0.484 e. The summed E-state index contributed by atoms with van der Waals surface area (Å²) in [4.78, 5) is 20.1. The van der Waals surface area contributed by atoms with Crippen LogP contribution in [0.2, 0.25) is 5.02 Å². The highest BCUT2D eigenvalue weighted by atomic mass is 35.5. The van der Waals surface area contributed by atoms with Crippen LogP contribution in [-0.4, -0.2) is 34.6 Å². The van der Waals surface area contributed by atoms with E-state index >= 15 is 0 Å². The molecule has 0 unspecified atom stereocenters. The van der Waals surface area contributed by atoms with Gasteiger partial charge in [-0.25, -0.2) is 9.97 Å². The van der Waals surface area contributed by atoms with Crippen molar-refractivity contribution in [1.29, 1.82) is 0 Å². The first-order valence-corrected chi connectivity index (χ1v) is 9.09. The van der Waals surface area contributed by atoms with Crippen LogP contribution in [0, 0.1) is 6.92 Å². The van der Waals surface area contributed by atoms with Crippen molar-refractivity contribution in [2.75, 3.05) is 6.61 Å². The molecule has 7 heteroatoms. The first-order chi connectivity index (χ1) is 12.6. The zero-order valence-electron chi connectivity index (χ0n) is 14.7. The normalized spacial score (nSPS) is 19.6. The second-order valence-electron chi connectivity index (χ2n) is 6.44. The Kier molecular flexibility index (Phi) is 6.28. The van der Waals surface area contributed by atoms with Crippen LogP contribution in [0.5, 0.6) is 11.8 Å². The SMILES string of the molecule is Cc1ccc(OCC(=O)NC2CCC(Oc3ncc(Cl)cn3)CC2)cc1. The van der Waals surface area contributed by atoms with Crippen molar-refractivity contribution < 1.29 is 14.3 Å². The van der Waals surface area contributed by atoms with Gasteiger partial charge in [0.05, 0.1) is 17.4 Å².